The predicted octanol–water partition coefficient (Wildman–Crippen LogP) is 2.49. The second-order valence-electron chi connectivity index (χ2n) is 3.57. The van der Waals surface area contributed by atoms with Gasteiger partial charge in [0.15, 0.2) is 0 Å². The first-order chi connectivity index (χ1) is 6.56. The Kier molecular flexibility index (Phi) is 3.84. The first-order valence-electron chi connectivity index (χ1n) is 4.55. The summed E-state index contributed by atoms with van der Waals surface area (Å²) in [6.07, 6.45) is 0. The lowest BCUT2D eigenvalue weighted by molar-refractivity contribution is 0.391. The number of hydrogen-bond donors (Lipinski definition) is 1. The molecule has 3 heteroatoms. The van der Waals surface area contributed by atoms with Gasteiger partial charge in [-0.15, -0.1) is 0 Å². The van der Waals surface area contributed by atoms with Crippen LogP contribution in [0.5, 0.6) is 5.75 Å². The van der Waals surface area contributed by atoms with E-state index in [-0.39, 0.29) is 5.37 Å². The molecule has 1 unspecified atom stereocenters. The van der Waals surface area contributed by atoms with Gasteiger partial charge in [-0.1, -0.05) is 6.07 Å². The van der Waals surface area contributed by atoms with Crippen molar-refractivity contribution in [3.8, 4) is 5.75 Å². The third kappa shape index (κ3) is 2.42. The molecule has 0 heterocycles. The van der Waals surface area contributed by atoms with Crippen LogP contribution >= 0.6 is 12.6 Å². The van der Waals surface area contributed by atoms with Crippen LogP contribution in [0.4, 0.5) is 0 Å². The maximum atomic E-state index is 5.20. The van der Waals surface area contributed by atoms with Crippen LogP contribution in [0.3, 0.4) is 0 Å². The smallest absolute Gasteiger partial charge is 0.121 e. The lowest BCUT2D eigenvalue weighted by Gasteiger charge is -2.20. The molecule has 0 N–H and O–H groups in total. The van der Waals surface area contributed by atoms with Gasteiger partial charge in [0.2, 0.25) is 0 Å². The number of aryl methyl sites for hydroxylation is 1. The molecule has 1 rings (SSSR count). The monoisotopic (exact) mass is 211 g/mol. The number of methoxy groups -OCH3 is 1. The van der Waals surface area contributed by atoms with Crippen molar-refractivity contribution >= 4 is 12.6 Å². The van der Waals surface area contributed by atoms with Crippen LogP contribution in [-0.2, 0) is 0 Å². The fourth-order valence-electron chi connectivity index (χ4n) is 1.36. The Hall–Kier alpha value is -0.670. The van der Waals surface area contributed by atoms with Crippen LogP contribution in [0.25, 0.3) is 0 Å². The number of hydrogen-bond acceptors (Lipinski definition) is 3. The number of thiol groups is 1. The van der Waals surface area contributed by atoms with Gasteiger partial charge in [0.1, 0.15) is 5.75 Å². The Balaban J connectivity index is 2.96. The van der Waals surface area contributed by atoms with Gasteiger partial charge in [-0.2, -0.15) is 12.6 Å². The highest BCUT2D eigenvalue weighted by atomic mass is 32.1. The summed E-state index contributed by atoms with van der Waals surface area (Å²) in [7, 11) is 5.71. The van der Waals surface area contributed by atoms with Crippen molar-refractivity contribution < 1.29 is 4.74 Å². The topological polar surface area (TPSA) is 12.5 Å². The minimum absolute atomic E-state index is 0.139. The first-order valence-corrected chi connectivity index (χ1v) is 5.07. The Bertz CT molecular complexity index is 312. The molecule has 1 aromatic rings. The molecule has 0 saturated carbocycles. The van der Waals surface area contributed by atoms with E-state index in [0.717, 1.165) is 11.3 Å². The van der Waals surface area contributed by atoms with Gasteiger partial charge in [0, 0.05) is 0 Å². The molecule has 0 radical (unpaired) electrons. The molecule has 0 amide bonds. The molecule has 0 aliphatic rings. The minimum Gasteiger partial charge on any atom is -0.496 e. The third-order valence-corrected chi connectivity index (χ3v) is 2.97. The van der Waals surface area contributed by atoms with Gasteiger partial charge in [-0.25, -0.2) is 0 Å². The summed E-state index contributed by atoms with van der Waals surface area (Å²) in [5, 5.41) is 0.139. The Morgan fingerprint density at radius 2 is 2.00 bits per heavy atom. The van der Waals surface area contributed by atoms with Gasteiger partial charge >= 0.3 is 0 Å². The summed E-state index contributed by atoms with van der Waals surface area (Å²) in [5.41, 5.74) is 2.34. The van der Waals surface area contributed by atoms with Crippen molar-refractivity contribution in [3.05, 3.63) is 29.3 Å². The van der Waals surface area contributed by atoms with E-state index in [0.29, 0.717) is 0 Å². The summed E-state index contributed by atoms with van der Waals surface area (Å²) >= 11 is 4.51. The molecule has 0 spiro atoms. The van der Waals surface area contributed by atoms with E-state index in [9.17, 15) is 0 Å². The molecular weight excluding hydrogens is 194 g/mol. The van der Waals surface area contributed by atoms with E-state index in [4.69, 9.17) is 4.74 Å². The first kappa shape index (κ1) is 11.4. The fraction of sp³-hybridized carbons (Fsp3) is 0.455. The van der Waals surface area contributed by atoms with Gasteiger partial charge in [0.25, 0.3) is 0 Å². The maximum Gasteiger partial charge on any atom is 0.121 e. The highest BCUT2D eigenvalue weighted by Crippen LogP contribution is 2.26. The molecule has 1 atom stereocenters. The molecule has 78 valence electrons. The summed E-state index contributed by atoms with van der Waals surface area (Å²) < 4.78 is 5.20. The summed E-state index contributed by atoms with van der Waals surface area (Å²) in [5.74, 6) is 0.924. The molecule has 1 aromatic carbocycles. The van der Waals surface area contributed by atoms with Crippen LogP contribution in [0.1, 0.15) is 16.5 Å². The van der Waals surface area contributed by atoms with E-state index in [1.54, 1.807) is 7.11 Å². The molecule has 2 nitrogen and oxygen atoms in total. The molecule has 0 bridgehead atoms. The van der Waals surface area contributed by atoms with Crippen LogP contribution in [0.15, 0.2) is 18.2 Å². The van der Waals surface area contributed by atoms with E-state index >= 15 is 0 Å². The van der Waals surface area contributed by atoms with Crippen LogP contribution in [0, 0.1) is 6.92 Å². The number of nitrogens with zero attached hydrogens (tertiary/aromatic N) is 1. The highest BCUT2D eigenvalue weighted by Gasteiger charge is 2.09. The summed E-state index contributed by atoms with van der Waals surface area (Å²) in [6, 6.07) is 6.14. The number of ether oxygens (including phenoxy) is 1. The van der Waals surface area contributed by atoms with Crippen molar-refractivity contribution in [2.24, 2.45) is 0 Å². The zero-order valence-corrected chi connectivity index (χ0v) is 10.0. The van der Waals surface area contributed by atoms with Crippen molar-refractivity contribution in [1.82, 2.24) is 4.90 Å². The Morgan fingerprint density at radius 3 is 2.43 bits per heavy atom. The third-order valence-electron chi connectivity index (χ3n) is 2.21. The molecule has 14 heavy (non-hydrogen) atoms. The van der Waals surface area contributed by atoms with Gasteiger partial charge in [-0.05, 0) is 44.3 Å². The summed E-state index contributed by atoms with van der Waals surface area (Å²) in [4.78, 5) is 2.06. The fourth-order valence-corrected chi connectivity index (χ4v) is 1.52. The highest BCUT2D eigenvalue weighted by molar-refractivity contribution is 7.80. The quantitative estimate of drug-likeness (QED) is 0.609. The predicted molar refractivity (Wildman–Crippen MR) is 63.1 cm³/mol. The largest absolute Gasteiger partial charge is 0.496 e. The lowest BCUT2D eigenvalue weighted by atomic mass is 10.1. The van der Waals surface area contributed by atoms with E-state index in [1.165, 1.54) is 5.56 Å². The molecule has 0 saturated heterocycles. The molecule has 0 aliphatic carbocycles. The average molecular weight is 211 g/mol. The SMILES string of the molecule is COc1ccc(C(S)N(C)C)cc1C. The van der Waals surface area contributed by atoms with E-state index in [2.05, 4.69) is 23.6 Å². The van der Waals surface area contributed by atoms with Crippen molar-refractivity contribution in [2.45, 2.75) is 12.3 Å². The molecule has 0 fully saturated rings. The van der Waals surface area contributed by atoms with Crippen molar-refractivity contribution in [2.75, 3.05) is 21.2 Å². The second-order valence-corrected chi connectivity index (χ2v) is 4.06. The normalized spacial score (nSPS) is 13.0. The maximum absolute atomic E-state index is 5.20. The van der Waals surface area contributed by atoms with E-state index in [1.807, 2.05) is 33.2 Å². The molecular formula is C11H17NOS. The zero-order chi connectivity index (χ0) is 10.7. The van der Waals surface area contributed by atoms with Crippen molar-refractivity contribution in [1.29, 1.82) is 0 Å². The van der Waals surface area contributed by atoms with Crippen LogP contribution in [-0.4, -0.2) is 26.1 Å². The lowest BCUT2D eigenvalue weighted by Crippen LogP contribution is -2.14. The Morgan fingerprint density at radius 1 is 1.36 bits per heavy atom. The molecule has 0 aromatic heterocycles. The Labute approximate surface area is 91.3 Å². The van der Waals surface area contributed by atoms with Crippen LogP contribution in [0.2, 0.25) is 0 Å². The van der Waals surface area contributed by atoms with E-state index < -0.39 is 0 Å². The minimum atomic E-state index is 0.139. The van der Waals surface area contributed by atoms with Crippen molar-refractivity contribution in [3.63, 3.8) is 0 Å². The van der Waals surface area contributed by atoms with Gasteiger partial charge < -0.3 is 4.74 Å². The number of rotatable bonds is 3. The number of benzene rings is 1. The average Bonchev–Trinajstić information content (AvgIpc) is 2.16. The molecule has 0 aliphatic heterocycles. The van der Waals surface area contributed by atoms with Gasteiger partial charge in [-0.3, -0.25) is 4.90 Å². The standard InChI is InChI=1S/C11H17NOS/c1-8-7-9(11(14)12(2)3)5-6-10(8)13-4/h5-7,11,14H,1-4H3. The summed E-state index contributed by atoms with van der Waals surface area (Å²) in [6.45, 7) is 2.04. The zero-order valence-electron chi connectivity index (χ0n) is 9.11. The van der Waals surface area contributed by atoms with Crippen LogP contribution < -0.4 is 4.74 Å². The van der Waals surface area contributed by atoms with Gasteiger partial charge in [0.05, 0.1) is 12.5 Å². The second kappa shape index (κ2) is 4.71.